The third-order valence-corrected chi connectivity index (χ3v) is 8.53. The molecule has 0 atom stereocenters. The number of hydrogen-bond donors (Lipinski definition) is 1. The van der Waals surface area contributed by atoms with Gasteiger partial charge in [0.15, 0.2) is 0 Å². The average molecular weight is 411 g/mol. The summed E-state index contributed by atoms with van der Waals surface area (Å²) in [6.45, 7) is 1.77. The lowest BCUT2D eigenvalue weighted by Crippen LogP contribution is -2.27. The minimum atomic E-state index is -3.39. The maximum atomic E-state index is 12.5. The van der Waals surface area contributed by atoms with Gasteiger partial charge in [-0.2, -0.15) is 4.31 Å². The van der Waals surface area contributed by atoms with E-state index in [1.165, 1.54) is 20.5 Å². The molecule has 0 aliphatic carbocycles. The van der Waals surface area contributed by atoms with E-state index in [2.05, 4.69) is 5.32 Å². The molecule has 2 aromatic rings. The molecule has 0 radical (unpaired) electrons. The Labute approximate surface area is 162 Å². The summed E-state index contributed by atoms with van der Waals surface area (Å²) >= 11 is 2.89. The molecular weight excluding hydrogens is 388 g/mol. The molecule has 1 aliphatic rings. The highest BCUT2D eigenvalue weighted by Crippen LogP contribution is 2.27. The predicted molar refractivity (Wildman–Crippen MR) is 106 cm³/mol. The minimum Gasteiger partial charge on any atom is -0.355 e. The zero-order chi connectivity index (χ0) is 18.4. The van der Waals surface area contributed by atoms with Crippen LogP contribution in [0.5, 0.6) is 0 Å². The maximum absolute atomic E-state index is 12.5. The summed E-state index contributed by atoms with van der Waals surface area (Å²) in [6, 6.07) is 13.4. The molecule has 26 heavy (non-hydrogen) atoms. The van der Waals surface area contributed by atoms with Crippen molar-refractivity contribution in [3.63, 3.8) is 0 Å². The van der Waals surface area contributed by atoms with Gasteiger partial charge in [0.25, 0.3) is 10.0 Å². The van der Waals surface area contributed by atoms with Crippen molar-refractivity contribution in [2.45, 2.75) is 28.4 Å². The highest BCUT2D eigenvalue weighted by atomic mass is 32.2. The number of nitrogens with one attached hydrogen (secondary N) is 1. The van der Waals surface area contributed by atoms with Gasteiger partial charge in [0, 0.05) is 35.2 Å². The summed E-state index contributed by atoms with van der Waals surface area (Å²) in [5, 5.41) is 2.89. The Bertz CT molecular complexity index is 828. The highest BCUT2D eigenvalue weighted by Gasteiger charge is 2.28. The van der Waals surface area contributed by atoms with Gasteiger partial charge >= 0.3 is 0 Å². The van der Waals surface area contributed by atoms with E-state index in [0.29, 0.717) is 23.8 Å². The summed E-state index contributed by atoms with van der Waals surface area (Å²) < 4.78 is 26.9. The molecule has 1 aromatic heterocycles. The first kappa shape index (κ1) is 19.4. The number of carbonyl (C=O) groups excluding carboxylic acids is 1. The molecule has 8 heteroatoms. The number of carbonyl (C=O) groups is 1. The fourth-order valence-corrected chi connectivity index (χ4v) is 6.56. The van der Waals surface area contributed by atoms with E-state index in [9.17, 15) is 13.2 Å². The molecule has 0 unspecified atom stereocenters. The molecule has 2 heterocycles. The van der Waals surface area contributed by atoms with Crippen molar-refractivity contribution in [1.29, 1.82) is 0 Å². The second-order valence-corrected chi connectivity index (χ2v) is 10.5. The van der Waals surface area contributed by atoms with Crippen LogP contribution in [0.3, 0.4) is 0 Å². The van der Waals surface area contributed by atoms with Crippen LogP contribution in [0.2, 0.25) is 0 Å². The Balaban J connectivity index is 1.45. The van der Waals surface area contributed by atoms with Crippen molar-refractivity contribution >= 4 is 39.0 Å². The van der Waals surface area contributed by atoms with Crippen molar-refractivity contribution < 1.29 is 13.2 Å². The lowest BCUT2D eigenvalue weighted by molar-refractivity contribution is -0.120. The molecule has 1 N–H and O–H groups in total. The number of thiophene rings is 1. The molecule has 1 fully saturated rings. The van der Waals surface area contributed by atoms with Gasteiger partial charge in [-0.15, -0.1) is 23.1 Å². The Morgan fingerprint density at radius 3 is 2.58 bits per heavy atom. The number of rotatable bonds is 8. The van der Waals surface area contributed by atoms with Gasteiger partial charge < -0.3 is 5.32 Å². The third-order valence-electron chi connectivity index (χ3n) is 4.07. The van der Waals surface area contributed by atoms with Crippen LogP contribution in [0.25, 0.3) is 0 Å². The molecule has 1 saturated heterocycles. The summed E-state index contributed by atoms with van der Waals surface area (Å²) in [6.07, 6.45) is 2.05. The van der Waals surface area contributed by atoms with Crippen LogP contribution >= 0.6 is 23.1 Å². The van der Waals surface area contributed by atoms with Crippen LogP contribution in [0.4, 0.5) is 0 Å². The van der Waals surface area contributed by atoms with Gasteiger partial charge in [-0.25, -0.2) is 8.42 Å². The van der Waals surface area contributed by atoms with Crippen LogP contribution < -0.4 is 5.32 Å². The Hall–Kier alpha value is -1.35. The van der Waals surface area contributed by atoms with E-state index in [4.69, 9.17) is 0 Å². The lowest BCUT2D eigenvalue weighted by atomic mass is 10.3. The Kier molecular flexibility index (Phi) is 6.74. The van der Waals surface area contributed by atoms with E-state index in [-0.39, 0.29) is 12.3 Å². The topological polar surface area (TPSA) is 66.5 Å². The van der Waals surface area contributed by atoms with Crippen LogP contribution in [0, 0.1) is 0 Å². The van der Waals surface area contributed by atoms with Gasteiger partial charge in [0.1, 0.15) is 4.21 Å². The van der Waals surface area contributed by atoms with Crippen LogP contribution in [0.15, 0.2) is 51.6 Å². The number of thioether (sulfide) groups is 1. The summed E-state index contributed by atoms with van der Waals surface area (Å²) in [4.78, 5) is 14.0. The van der Waals surface area contributed by atoms with Crippen molar-refractivity contribution in [2.75, 3.05) is 25.4 Å². The average Bonchev–Trinajstić information content (AvgIpc) is 3.32. The number of sulfonamides is 1. The van der Waals surface area contributed by atoms with Gasteiger partial charge in [-0.1, -0.05) is 18.2 Å². The van der Waals surface area contributed by atoms with Crippen molar-refractivity contribution in [1.82, 2.24) is 9.62 Å². The van der Waals surface area contributed by atoms with Crippen molar-refractivity contribution in [3.05, 3.63) is 47.3 Å². The van der Waals surface area contributed by atoms with Crippen LogP contribution in [-0.2, 0) is 21.2 Å². The zero-order valence-corrected chi connectivity index (χ0v) is 16.8. The third kappa shape index (κ3) is 5.09. The Morgan fingerprint density at radius 1 is 1.12 bits per heavy atom. The number of nitrogens with zero attached hydrogens (tertiary/aromatic N) is 1. The minimum absolute atomic E-state index is 0.0781. The molecule has 0 saturated carbocycles. The first-order valence-electron chi connectivity index (χ1n) is 8.59. The number of benzene rings is 1. The Morgan fingerprint density at radius 2 is 1.85 bits per heavy atom. The second-order valence-electron chi connectivity index (χ2n) is 6.02. The molecule has 1 amide bonds. The number of amides is 1. The molecular formula is C18H22N2O3S3. The van der Waals surface area contributed by atoms with E-state index in [1.54, 1.807) is 23.9 Å². The molecule has 1 aliphatic heterocycles. The molecule has 1 aromatic carbocycles. The quantitative estimate of drug-likeness (QED) is 0.537. The van der Waals surface area contributed by atoms with E-state index < -0.39 is 10.0 Å². The summed E-state index contributed by atoms with van der Waals surface area (Å²) in [5.41, 5.74) is 0. The van der Waals surface area contributed by atoms with Crippen molar-refractivity contribution in [2.24, 2.45) is 0 Å². The van der Waals surface area contributed by atoms with Gasteiger partial charge in [-0.05, 0) is 37.1 Å². The fourth-order valence-electron chi connectivity index (χ4n) is 2.74. The molecule has 0 bridgehead atoms. The standard InChI is InChI=1S/C18H22N2O3S3/c21-17(19-10-13-24-15-6-2-1-3-7-15)14-16-8-9-18(25-16)26(22,23)20-11-4-5-12-20/h1-3,6-9H,4-5,10-14H2,(H,19,21). The molecule has 0 spiro atoms. The zero-order valence-electron chi connectivity index (χ0n) is 14.4. The summed E-state index contributed by atoms with van der Waals surface area (Å²) in [7, 11) is -3.39. The largest absolute Gasteiger partial charge is 0.355 e. The first-order chi connectivity index (χ1) is 12.6. The molecule has 5 nitrogen and oxygen atoms in total. The predicted octanol–water partition coefficient (Wildman–Crippen LogP) is 2.98. The smallest absolute Gasteiger partial charge is 0.252 e. The molecule has 140 valence electrons. The highest BCUT2D eigenvalue weighted by molar-refractivity contribution is 7.99. The maximum Gasteiger partial charge on any atom is 0.252 e. The monoisotopic (exact) mass is 410 g/mol. The van der Waals surface area contributed by atoms with E-state index >= 15 is 0 Å². The normalized spacial score (nSPS) is 15.2. The first-order valence-corrected chi connectivity index (χ1v) is 11.8. The van der Waals surface area contributed by atoms with Gasteiger partial charge in [0.05, 0.1) is 6.42 Å². The SMILES string of the molecule is O=C(Cc1ccc(S(=O)(=O)N2CCCC2)s1)NCCSc1ccccc1. The van der Waals surface area contributed by atoms with E-state index in [1.807, 2.05) is 30.3 Å². The van der Waals surface area contributed by atoms with Crippen LogP contribution in [0.1, 0.15) is 17.7 Å². The fraction of sp³-hybridized carbons (Fsp3) is 0.389. The number of hydrogen-bond acceptors (Lipinski definition) is 5. The van der Waals surface area contributed by atoms with Crippen molar-refractivity contribution in [3.8, 4) is 0 Å². The van der Waals surface area contributed by atoms with Gasteiger partial charge in [0.2, 0.25) is 5.91 Å². The lowest BCUT2D eigenvalue weighted by Gasteiger charge is -2.13. The van der Waals surface area contributed by atoms with E-state index in [0.717, 1.165) is 23.5 Å². The molecule has 3 rings (SSSR count). The summed E-state index contributed by atoms with van der Waals surface area (Å²) in [5.74, 6) is 0.722. The van der Waals surface area contributed by atoms with Gasteiger partial charge in [-0.3, -0.25) is 4.79 Å². The second kappa shape index (κ2) is 9.03. The van der Waals surface area contributed by atoms with Crippen LogP contribution in [-0.4, -0.2) is 44.0 Å².